The second-order valence-electron chi connectivity index (χ2n) is 8.31. The molecule has 0 saturated carbocycles. The van der Waals surface area contributed by atoms with Crippen molar-refractivity contribution >= 4 is 49.7 Å². The van der Waals surface area contributed by atoms with Crippen LogP contribution in [-0.2, 0) is 11.2 Å². The van der Waals surface area contributed by atoms with Crippen molar-refractivity contribution < 1.29 is 9.53 Å². The van der Waals surface area contributed by atoms with E-state index in [9.17, 15) is 9.59 Å². The van der Waals surface area contributed by atoms with Crippen LogP contribution in [0.3, 0.4) is 0 Å². The first-order valence-electron chi connectivity index (χ1n) is 11.2. The van der Waals surface area contributed by atoms with E-state index in [1.54, 1.807) is 16.7 Å². The molecule has 6 rings (SSSR count). The van der Waals surface area contributed by atoms with E-state index in [2.05, 4.69) is 17.2 Å². The Morgan fingerprint density at radius 1 is 0.941 bits per heavy atom. The molecular weight excluding hydrogens is 426 g/mol. The molecule has 6 aromatic rings. The maximum Gasteiger partial charge on any atom is 0.263 e. The molecule has 0 unspecified atom stereocenters. The van der Waals surface area contributed by atoms with Crippen LogP contribution in [0.5, 0.6) is 5.75 Å². The van der Waals surface area contributed by atoms with Crippen LogP contribution in [0.4, 0.5) is 5.69 Å². The molecule has 3 aromatic heterocycles. The molecule has 0 spiro atoms. The minimum Gasteiger partial charge on any atom is -0.484 e. The highest BCUT2D eigenvalue weighted by Crippen LogP contribution is 2.34. The zero-order valence-corrected chi connectivity index (χ0v) is 18.5. The van der Waals surface area contributed by atoms with Gasteiger partial charge in [-0.25, -0.2) is 0 Å². The van der Waals surface area contributed by atoms with Gasteiger partial charge < -0.3 is 10.1 Å². The summed E-state index contributed by atoms with van der Waals surface area (Å²) in [6.45, 7) is 1.98. The van der Waals surface area contributed by atoms with Gasteiger partial charge in [0.25, 0.3) is 11.5 Å². The number of carbonyl (C=O) groups excluding carboxylic acids is 1. The largest absolute Gasteiger partial charge is 0.484 e. The Bertz CT molecular complexity index is 1750. The van der Waals surface area contributed by atoms with E-state index in [0.29, 0.717) is 11.1 Å². The van der Waals surface area contributed by atoms with Crippen molar-refractivity contribution in [3.63, 3.8) is 0 Å². The number of pyridine rings is 2. The molecule has 3 heterocycles. The Balaban J connectivity index is 1.35. The molecule has 0 atom stereocenters. The van der Waals surface area contributed by atoms with Gasteiger partial charge in [0, 0.05) is 33.4 Å². The van der Waals surface area contributed by atoms with Crippen molar-refractivity contribution in [1.29, 1.82) is 0 Å². The van der Waals surface area contributed by atoms with Crippen molar-refractivity contribution in [1.82, 2.24) is 9.38 Å². The molecule has 0 aliphatic carbocycles. The molecule has 0 aliphatic heterocycles. The van der Waals surface area contributed by atoms with Gasteiger partial charge in [-0.3, -0.25) is 19.0 Å². The number of hydrogen-bond donors (Lipinski definition) is 1. The van der Waals surface area contributed by atoms with Gasteiger partial charge in [0.1, 0.15) is 5.75 Å². The lowest BCUT2D eigenvalue weighted by Crippen LogP contribution is -2.20. The average Bonchev–Trinajstić information content (AvgIpc) is 3.21. The smallest absolute Gasteiger partial charge is 0.263 e. The summed E-state index contributed by atoms with van der Waals surface area (Å²) in [7, 11) is 0. The van der Waals surface area contributed by atoms with Crippen LogP contribution in [0.1, 0.15) is 12.5 Å². The molecule has 3 aromatic carbocycles. The second-order valence-corrected chi connectivity index (χ2v) is 8.31. The highest BCUT2D eigenvalue weighted by molar-refractivity contribution is 6.18. The van der Waals surface area contributed by atoms with Gasteiger partial charge in [-0.05, 0) is 54.4 Å². The summed E-state index contributed by atoms with van der Waals surface area (Å²) in [5, 5.41) is 6.14. The molecule has 0 fully saturated rings. The fourth-order valence-electron chi connectivity index (χ4n) is 4.61. The van der Waals surface area contributed by atoms with Gasteiger partial charge in [0.15, 0.2) is 6.61 Å². The third-order valence-electron chi connectivity index (χ3n) is 6.28. The first-order valence-corrected chi connectivity index (χ1v) is 11.2. The Kier molecular flexibility index (Phi) is 4.66. The summed E-state index contributed by atoms with van der Waals surface area (Å²) in [5.74, 6) is 0.326. The quantitative estimate of drug-likeness (QED) is 0.370. The summed E-state index contributed by atoms with van der Waals surface area (Å²) in [4.78, 5) is 30.3. The minimum atomic E-state index is -0.234. The lowest BCUT2D eigenvalue weighted by molar-refractivity contribution is -0.118. The number of nitrogens with zero attached hydrogens (tertiary/aromatic N) is 2. The standard InChI is InChI=1S/C28H21N3O3/c1-2-17-7-9-18(10-8-17)30-25(32)16-34-19-11-12-24-23(15-19)21-13-14-29-26-20-5-3-4-6-22(20)28(33)31(24)27(21)26/h3-15H,2,16H2,1H3,(H,30,32). The van der Waals surface area contributed by atoms with Crippen LogP contribution in [-0.4, -0.2) is 21.9 Å². The summed E-state index contributed by atoms with van der Waals surface area (Å²) < 4.78 is 7.53. The number of aryl methyl sites for hydroxylation is 1. The molecule has 166 valence electrons. The van der Waals surface area contributed by atoms with E-state index in [4.69, 9.17) is 4.74 Å². The highest BCUT2D eigenvalue weighted by Gasteiger charge is 2.18. The average molecular weight is 447 g/mol. The number of fused-ring (bicyclic) bond motifs is 5. The van der Waals surface area contributed by atoms with Crippen molar-refractivity contribution in [2.45, 2.75) is 13.3 Å². The van der Waals surface area contributed by atoms with E-state index < -0.39 is 0 Å². The normalized spacial score (nSPS) is 11.6. The molecule has 0 saturated heterocycles. The lowest BCUT2D eigenvalue weighted by atomic mass is 10.1. The molecular formula is C28H21N3O3. The maximum atomic E-state index is 13.3. The lowest BCUT2D eigenvalue weighted by Gasteiger charge is -2.08. The van der Waals surface area contributed by atoms with Crippen LogP contribution in [0.2, 0.25) is 0 Å². The Morgan fingerprint density at radius 3 is 2.53 bits per heavy atom. The first kappa shape index (κ1) is 20.2. The number of hydrogen-bond acceptors (Lipinski definition) is 4. The molecule has 34 heavy (non-hydrogen) atoms. The molecule has 6 heteroatoms. The molecule has 1 N–H and O–H groups in total. The number of carbonyl (C=O) groups is 1. The van der Waals surface area contributed by atoms with Gasteiger partial charge >= 0.3 is 0 Å². The topological polar surface area (TPSA) is 72.7 Å². The van der Waals surface area contributed by atoms with E-state index in [-0.39, 0.29) is 18.1 Å². The first-order chi connectivity index (χ1) is 16.6. The summed E-state index contributed by atoms with van der Waals surface area (Å²) >= 11 is 0. The number of anilines is 1. The minimum absolute atomic E-state index is 0.0711. The predicted molar refractivity (Wildman–Crippen MR) is 135 cm³/mol. The monoisotopic (exact) mass is 447 g/mol. The summed E-state index contributed by atoms with van der Waals surface area (Å²) in [5.41, 5.74) is 4.26. The van der Waals surface area contributed by atoms with Crippen molar-refractivity contribution in [3.8, 4) is 5.75 Å². The number of ether oxygens (including phenoxy) is 1. The second kappa shape index (κ2) is 7.85. The highest BCUT2D eigenvalue weighted by atomic mass is 16.5. The number of amides is 1. The molecule has 0 bridgehead atoms. The van der Waals surface area contributed by atoms with Gasteiger partial charge in [-0.1, -0.05) is 37.3 Å². The number of aromatic nitrogens is 2. The van der Waals surface area contributed by atoms with Gasteiger partial charge in [0.2, 0.25) is 0 Å². The van der Waals surface area contributed by atoms with Crippen LogP contribution in [0.15, 0.2) is 83.8 Å². The Hall–Kier alpha value is -4.45. The summed E-state index contributed by atoms with van der Waals surface area (Å²) in [6.07, 6.45) is 2.71. The van der Waals surface area contributed by atoms with Crippen LogP contribution in [0, 0.1) is 0 Å². The third-order valence-corrected chi connectivity index (χ3v) is 6.28. The molecule has 0 radical (unpaired) electrons. The third kappa shape index (κ3) is 3.15. The Morgan fingerprint density at radius 2 is 1.74 bits per heavy atom. The maximum absolute atomic E-state index is 13.3. The predicted octanol–water partition coefficient (Wildman–Crippen LogP) is 5.17. The summed E-state index contributed by atoms with van der Waals surface area (Å²) in [6, 6.07) is 22.8. The van der Waals surface area contributed by atoms with E-state index >= 15 is 0 Å². The fraction of sp³-hybridized carbons (Fsp3) is 0.107. The van der Waals surface area contributed by atoms with E-state index in [0.717, 1.165) is 44.8 Å². The van der Waals surface area contributed by atoms with Crippen LogP contribution >= 0.6 is 0 Å². The number of rotatable bonds is 5. The van der Waals surface area contributed by atoms with Crippen molar-refractivity contribution in [2.75, 3.05) is 11.9 Å². The zero-order valence-electron chi connectivity index (χ0n) is 18.5. The molecule has 1 amide bonds. The van der Waals surface area contributed by atoms with E-state index in [1.165, 1.54) is 5.56 Å². The fourth-order valence-corrected chi connectivity index (χ4v) is 4.61. The van der Waals surface area contributed by atoms with Crippen molar-refractivity contribution in [3.05, 3.63) is 94.9 Å². The van der Waals surface area contributed by atoms with Gasteiger partial charge in [0.05, 0.1) is 16.6 Å². The van der Waals surface area contributed by atoms with Crippen LogP contribution < -0.4 is 15.6 Å². The molecule has 0 aliphatic rings. The van der Waals surface area contributed by atoms with Crippen LogP contribution in [0.25, 0.3) is 38.1 Å². The number of benzene rings is 3. The molecule has 6 nitrogen and oxygen atoms in total. The zero-order chi connectivity index (χ0) is 23.2. The number of nitrogens with one attached hydrogen (secondary N) is 1. The van der Waals surface area contributed by atoms with Gasteiger partial charge in [-0.15, -0.1) is 0 Å². The van der Waals surface area contributed by atoms with Crippen molar-refractivity contribution in [2.24, 2.45) is 0 Å². The van der Waals surface area contributed by atoms with Gasteiger partial charge in [-0.2, -0.15) is 0 Å². The Labute approximate surface area is 194 Å². The SMILES string of the molecule is CCc1ccc(NC(=O)COc2ccc3c(c2)c2ccnc4c5ccccc5c(=O)n3c24)cc1. The van der Waals surface area contributed by atoms with E-state index in [1.807, 2.05) is 66.7 Å².